The summed E-state index contributed by atoms with van der Waals surface area (Å²) in [7, 11) is 0. The molecule has 0 unspecified atom stereocenters. The first-order valence-corrected chi connectivity index (χ1v) is 6.55. The van der Waals surface area contributed by atoms with Crippen LogP contribution in [0.4, 0.5) is 5.69 Å². The topological polar surface area (TPSA) is 110 Å². The molecule has 2 rings (SSSR count). The van der Waals surface area contributed by atoms with Crippen molar-refractivity contribution in [3.63, 3.8) is 0 Å². The molecular weight excluding hydrogens is 280 g/mol. The van der Waals surface area contributed by atoms with Crippen molar-refractivity contribution in [1.82, 2.24) is 10.7 Å². The van der Waals surface area contributed by atoms with E-state index in [-0.39, 0.29) is 5.70 Å². The maximum absolute atomic E-state index is 12.1. The summed E-state index contributed by atoms with van der Waals surface area (Å²) in [6, 6.07) is 15.5. The summed E-state index contributed by atoms with van der Waals surface area (Å²) in [6.07, 6.45) is 1.47. The lowest BCUT2D eigenvalue weighted by Crippen LogP contribution is -2.38. The zero-order valence-electron chi connectivity index (χ0n) is 11.7. The normalized spacial score (nSPS) is 10.9. The van der Waals surface area contributed by atoms with Crippen LogP contribution in [0.5, 0.6) is 0 Å². The second-order valence-electron chi connectivity index (χ2n) is 4.48. The average Bonchev–Trinajstić information content (AvgIpc) is 2.56. The van der Waals surface area contributed by atoms with Crippen LogP contribution in [-0.4, -0.2) is 11.8 Å². The summed E-state index contributed by atoms with van der Waals surface area (Å²) in [4.78, 5) is 24.0. The van der Waals surface area contributed by atoms with E-state index in [1.54, 1.807) is 54.6 Å². The first-order chi connectivity index (χ1) is 10.6. The Labute approximate surface area is 127 Å². The minimum Gasteiger partial charge on any atom is -0.398 e. The Morgan fingerprint density at radius 1 is 0.955 bits per heavy atom. The number of hydrogen-bond donors (Lipinski definition) is 4. The zero-order valence-corrected chi connectivity index (χ0v) is 11.7. The van der Waals surface area contributed by atoms with Gasteiger partial charge in [0, 0.05) is 11.3 Å². The van der Waals surface area contributed by atoms with Crippen molar-refractivity contribution in [2.24, 2.45) is 5.84 Å². The van der Waals surface area contributed by atoms with E-state index >= 15 is 0 Å². The molecule has 0 bridgehead atoms. The maximum Gasteiger partial charge on any atom is 0.281 e. The van der Waals surface area contributed by atoms with E-state index in [4.69, 9.17) is 11.6 Å². The number of nitrogen functional groups attached to an aromatic ring is 1. The number of hydrazine groups is 1. The molecule has 112 valence electrons. The van der Waals surface area contributed by atoms with Gasteiger partial charge in [0.2, 0.25) is 0 Å². The highest BCUT2D eigenvalue weighted by atomic mass is 16.2. The lowest BCUT2D eigenvalue weighted by atomic mass is 10.1. The molecule has 2 aromatic carbocycles. The van der Waals surface area contributed by atoms with Crippen LogP contribution in [0, 0.1) is 0 Å². The number of anilines is 1. The molecule has 0 saturated carbocycles. The highest BCUT2D eigenvalue weighted by Crippen LogP contribution is 2.14. The summed E-state index contributed by atoms with van der Waals surface area (Å²) in [5.41, 5.74) is 9.36. The standard InChI is InChI=1S/C16H16N4O2/c17-13-9-5-4-8-12(13)10-14(16(22)20-18)19-15(21)11-6-2-1-3-7-11/h1-10H,17-18H2,(H,19,21)(H,20,22)/b14-10-. The molecule has 0 spiro atoms. The second kappa shape index (κ2) is 7.05. The Balaban J connectivity index is 2.30. The van der Waals surface area contributed by atoms with E-state index < -0.39 is 11.8 Å². The fourth-order valence-electron chi connectivity index (χ4n) is 1.82. The minimum absolute atomic E-state index is 0.00857. The van der Waals surface area contributed by atoms with E-state index in [0.29, 0.717) is 16.8 Å². The lowest BCUT2D eigenvalue weighted by Gasteiger charge is -2.09. The molecule has 6 heteroatoms. The van der Waals surface area contributed by atoms with Crippen molar-refractivity contribution < 1.29 is 9.59 Å². The van der Waals surface area contributed by atoms with Gasteiger partial charge >= 0.3 is 0 Å². The van der Waals surface area contributed by atoms with Gasteiger partial charge in [-0.3, -0.25) is 15.0 Å². The van der Waals surface area contributed by atoms with Crippen molar-refractivity contribution in [1.29, 1.82) is 0 Å². The Bertz CT molecular complexity index is 711. The third-order valence-electron chi connectivity index (χ3n) is 2.96. The summed E-state index contributed by atoms with van der Waals surface area (Å²) < 4.78 is 0. The molecule has 6 nitrogen and oxygen atoms in total. The quantitative estimate of drug-likeness (QED) is 0.222. The molecule has 2 aromatic rings. The van der Waals surface area contributed by atoms with Crippen molar-refractivity contribution in [2.75, 3.05) is 5.73 Å². The Morgan fingerprint density at radius 3 is 2.23 bits per heavy atom. The van der Waals surface area contributed by atoms with Gasteiger partial charge in [0.1, 0.15) is 5.70 Å². The molecule has 0 radical (unpaired) electrons. The van der Waals surface area contributed by atoms with Crippen LogP contribution in [0.3, 0.4) is 0 Å². The summed E-state index contributed by atoms with van der Waals surface area (Å²) in [5, 5.41) is 2.53. The Morgan fingerprint density at radius 2 is 1.59 bits per heavy atom. The van der Waals surface area contributed by atoms with Crippen LogP contribution < -0.4 is 22.3 Å². The summed E-state index contributed by atoms with van der Waals surface area (Å²) >= 11 is 0. The minimum atomic E-state index is -0.618. The predicted molar refractivity (Wildman–Crippen MR) is 85.1 cm³/mol. The van der Waals surface area contributed by atoms with E-state index in [2.05, 4.69) is 5.32 Å². The van der Waals surface area contributed by atoms with E-state index in [1.165, 1.54) is 6.08 Å². The lowest BCUT2D eigenvalue weighted by molar-refractivity contribution is -0.117. The average molecular weight is 296 g/mol. The van der Waals surface area contributed by atoms with Gasteiger partial charge in [-0.1, -0.05) is 36.4 Å². The molecule has 0 heterocycles. The number of nitrogens with two attached hydrogens (primary N) is 2. The monoisotopic (exact) mass is 296 g/mol. The number of nitrogens with one attached hydrogen (secondary N) is 2. The first kappa shape index (κ1) is 15.3. The van der Waals surface area contributed by atoms with Crippen LogP contribution in [0.2, 0.25) is 0 Å². The van der Waals surface area contributed by atoms with Gasteiger partial charge in [0.15, 0.2) is 0 Å². The zero-order chi connectivity index (χ0) is 15.9. The van der Waals surface area contributed by atoms with Crippen LogP contribution >= 0.6 is 0 Å². The first-order valence-electron chi connectivity index (χ1n) is 6.55. The van der Waals surface area contributed by atoms with Gasteiger partial charge in [0.05, 0.1) is 0 Å². The molecule has 2 amide bonds. The predicted octanol–water partition coefficient (Wildman–Crippen LogP) is 1.03. The molecule has 22 heavy (non-hydrogen) atoms. The SMILES string of the molecule is NNC(=O)/C(=C/c1ccccc1N)NC(=O)c1ccccc1. The van der Waals surface area contributed by atoms with E-state index in [1.807, 2.05) is 5.43 Å². The highest BCUT2D eigenvalue weighted by Gasteiger charge is 2.13. The number of carbonyl (C=O) groups is 2. The van der Waals surface area contributed by atoms with Gasteiger partial charge < -0.3 is 11.1 Å². The van der Waals surface area contributed by atoms with Gasteiger partial charge in [-0.15, -0.1) is 0 Å². The number of benzene rings is 2. The molecule has 6 N–H and O–H groups in total. The van der Waals surface area contributed by atoms with Gasteiger partial charge in [0.25, 0.3) is 11.8 Å². The molecule has 0 aliphatic rings. The van der Waals surface area contributed by atoms with Gasteiger partial charge in [-0.2, -0.15) is 0 Å². The molecule has 0 aliphatic heterocycles. The number of para-hydroxylation sites is 1. The number of carbonyl (C=O) groups excluding carboxylic acids is 2. The number of amides is 2. The summed E-state index contributed by atoms with van der Waals surface area (Å²) in [6.45, 7) is 0. The van der Waals surface area contributed by atoms with E-state index in [9.17, 15) is 9.59 Å². The van der Waals surface area contributed by atoms with Crippen molar-refractivity contribution >= 4 is 23.6 Å². The third kappa shape index (κ3) is 3.71. The highest BCUT2D eigenvalue weighted by molar-refractivity contribution is 6.05. The Hall–Kier alpha value is -3.12. The molecule has 0 aliphatic carbocycles. The van der Waals surface area contributed by atoms with Crippen LogP contribution in [-0.2, 0) is 4.79 Å². The van der Waals surface area contributed by atoms with E-state index in [0.717, 1.165) is 0 Å². The third-order valence-corrected chi connectivity index (χ3v) is 2.96. The number of rotatable bonds is 4. The summed E-state index contributed by atoms with van der Waals surface area (Å²) in [5.74, 6) is 4.13. The fourth-order valence-corrected chi connectivity index (χ4v) is 1.82. The van der Waals surface area contributed by atoms with Gasteiger partial charge in [-0.05, 0) is 29.8 Å². The Kier molecular flexibility index (Phi) is 4.89. The largest absolute Gasteiger partial charge is 0.398 e. The fraction of sp³-hybridized carbons (Fsp3) is 0. The molecule has 0 saturated heterocycles. The molecule has 0 fully saturated rings. The smallest absolute Gasteiger partial charge is 0.281 e. The number of hydrogen-bond acceptors (Lipinski definition) is 4. The van der Waals surface area contributed by atoms with Gasteiger partial charge in [-0.25, -0.2) is 5.84 Å². The molecule has 0 aromatic heterocycles. The second-order valence-corrected chi connectivity index (χ2v) is 4.48. The van der Waals surface area contributed by atoms with Crippen molar-refractivity contribution in [3.8, 4) is 0 Å². The van der Waals surface area contributed by atoms with Crippen molar-refractivity contribution in [3.05, 3.63) is 71.4 Å². The molecular formula is C16H16N4O2. The van der Waals surface area contributed by atoms with Crippen LogP contribution in [0.15, 0.2) is 60.3 Å². The van der Waals surface area contributed by atoms with Crippen LogP contribution in [0.25, 0.3) is 6.08 Å². The maximum atomic E-state index is 12.1. The van der Waals surface area contributed by atoms with Crippen molar-refractivity contribution in [2.45, 2.75) is 0 Å². The van der Waals surface area contributed by atoms with Crippen LogP contribution in [0.1, 0.15) is 15.9 Å². The molecule has 0 atom stereocenters.